The van der Waals surface area contributed by atoms with Gasteiger partial charge in [0.05, 0.1) is 11.9 Å². The molecule has 4 rings (SSSR count). The van der Waals surface area contributed by atoms with Gasteiger partial charge in [-0.3, -0.25) is 13.9 Å². The van der Waals surface area contributed by atoms with E-state index in [2.05, 4.69) is 5.32 Å². The molecule has 0 spiro atoms. The van der Waals surface area contributed by atoms with Gasteiger partial charge in [0.2, 0.25) is 21.8 Å². The summed E-state index contributed by atoms with van der Waals surface area (Å²) in [7, 11) is -3.88. The lowest BCUT2D eigenvalue weighted by Crippen LogP contribution is -2.56. The molecular formula is C37H43N3O5S. The molecule has 8 nitrogen and oxygen atoms in total. The number of carbonyl (C=O) groups excluding carboxylic acids is 2. The third-order valence-electron chi connectivity index (χ3n) is 7.30. The first-order chi connectivity index (χ1) is 21.8. The number of rotatable bonds is 13. The Bertz CT molecular complexity index is 1690. The van der Waals surface area contributed by atoms with Crippen molar-refractivity contribution >= 4 is 27.5 Å². The van der Waals surface area contributed by atoms with Crippen LogP contribution in [0.5, 0.6) is 5.75 Å². The highest BCUT2D eigenvalue weighted by molar-refractivity contribution is 7.92. The summed E-state index contributed by atoms with van der Waals surface area (Å²) in [6.45, 7) is 7.63. The normalized spacial score (nSPS) is 12.2. The van der Waals surface area contributed by atoms with Crippen molar-refractivity contribution in [3.05, 3.63) is 131 Å². The molecule has 0 unspecified atom stereocenters. The highest BCUT2D eigenvalue weighted by Crippen LogP contribution is 2.24. The van der Waals surface area contributed by atoms with Gasteiger partial charge in [0.25, 0.3) is 0 Å². The van der Waals surface area contributed by atoms with E-state index in [1.54, 1.807) is 24.3 Å². The van der Waals surface area contributed by atoms with Gasteiger partial charge in [-0.15, -0.1) is 0 Å². The van der Waals surface area contributed by atoms with Gasteiger partial charge in [0.15, 0.2) is 0 Å². The van der Waals surface area contributed by atoms with Gasteiger partial charge in [0, 0.05) is 18.5 Å². The number of hydrogen-bond acceptors (Lipinski definition) is 5. The van der Waals surface area contributed by atoms with Gasteiger partial charge in [0.1, 0.15) is 24.9 Å². The smallest absolute Gasteiger partial charge is 0.244 e. The van der Waals surface area contributed by atoms with Crippen molar-refractivity contribution in [3.63, 3.8) is 0 Å². The predicted octanol–water partition coefficient (Wildman–Crippen LogP) is 5.89. The van der Waals surface area contributed by atoms with Crippen molar-refractivity contribution < 1.29 is 22.7 Å². The lowest BCUT2D eigenvalue weighted by molar-refractivity contribution is -0.140. The van der Waals surface area contributed by atoms with E-state index in [0.717, 1.165) is 32.8 Å². The van der Waals surface area contributed by atoms with E-state index in [1.165, 1.54) is 4.90 Å². The number of aryl methyl sites for hydroxylation is 1. The Morgan fingerprint density at radius 3 is 1.89 bits per heavy atom. The number of ether oxygens (including phenoxy) is 1. The van der Waals surface area contributed by atoms with E-state index in [9.17, 15) is 18.0 Å². The van der Waals surface area contributed by atoms with Crippen LogP contribution in [0.4, 0.5) is 5.69 Å². The highest BCUT2D eigenvalue weighted by Gasteiger charge is 2.34. The van der Waals surface area contributed by atoms with E-state index in [-0.39, 0.29) is 18.9 Å². The standard InChI is InChI=1S/C37H43N3O5S/c1-28-16-18-30(19-17-28)25-39(34(36(42)38-37(2,3)4)24-29-12-8-6-9-13-29)35(41)26-40(46(5,43)44)32-20-22-33(23-21-32)45-27-31-14-10-7-11-15-31/h6-23,34H,24-27H2,1-5H3,(H,38,42)/t34-/m1/s1. The summed E-state index contributed by atoms with van der Waals surface area (Å²) in [6, 6.07) is 32.6. The molecule has 0 aliphatic rings. The predicted molar refractivity (Wildman–Crippen MR) is 183 cm³/mol. The van der Waals surface area contributed by atoms with Crippen molar-refractivity contribution in [2.45, 2.75) is 58.8 Å². The molecule has 0 radical (unpaired) electrons. The van der Waals surface area contributed by atoms with Gasteiger partial charge >= 0.3 is 0 Å². The average molecular weight is 642 g/mol. The van der Waals surface area contributed by atoms with Crippen LogP contribution in [-0.2, 0) is 39.2 Å². The third-order valence-corrected chi connectivity index (χ3v) is 8.44. The van der Waals surface area contributed by atoms with E-state index < -0.39 is 34.1 Å². The maximum absolute atomic E-state index is 14.3. The minimum absolute atomic E-state index is 0.123. The molecule has 0 heterocycles. The van der Waals surface area contributed by atoms with Crippen LogP contribution in [0.1, 0.15) is 43.0 Å². The van der Waals surface area contributed by atoms with Gasteiger partial charge in [-0.2, -0.15) is 0 Å². The van der Waals surface area contributed by atoms with Crippen molar-refractivity contribution in [1.82, 2.24) is 10.2 Å². The second-order valence-corrected chi connectivity index (χ2v) is 14.4. The SMILES string of the molecule is Cc1ccc(CN(C(=O)CN(c2ccc(OCc3ccccc3)cc2)S(C)(=O)=O)[C@H](Cc2ccccc2)C(=O)NC(C)(C)C)cc1. The topological polar surface area (TPSA) is 96.0 Å². The summed E-state index contributed by atoms with van der Waals surface area (Å²) < 4.78 is 33.2. The molecule has 0 aliphatic carbocycles. The molecule has 0 aliphatic heterocycles. The van der Waals surface area contributed by atoms with Crippen LogP contribution in [0.2, 0.25) is 0 Å². The molecule has 0 fully saturated rings. The van der Waals surface area contributed by atoms with Gasteiger partial charge in [-0.05, 0) is 68.7 Å². The molecule has 0 saturated heterocycles. The van der Waals surface area contributed by atoms with Crippen molar-refractivity contribution in [1.29, 1.82) is 0 Å². The van der Waals surface area contributed by atoms with Crippen LogP contribution in [0.15, 0.2) is 109 Å². The number of sulfonamides is 1. The summed E-state index contributed by atoms with van der Waals surface area (Å²) in [5.74, 6) is -0.252. The molecule has 0 saturated carbocycles. The Morgan fingerprint density at radius 1 is 0.783 bits per heavy atom. The first-order valence-electron chi connectivity index (χ1n) is 15.2. The molecule has 9 heteroatoms. The Hall–Kier alpha value is -4.63. The largest absolute Gasteiger partial charge is 0.489 e. The van der Waals surface area contributed by atoms with Crippen molar-refractivity contribution in [2.24, 2.45) is 0 Å². The van der Waals surface area contributed by atoms with Crippen LogP contribution in [0, 0.1) is 6.92 Å². The molecule has 4 aromatic carbocycles. The average Bonchev–Trinajstić information content (AvgIpc) is 3.01. The van der Waals surface area contributed by atoms with Crippen LogP contribution in [-0.4, -0.2) is 49.5 Å². The number of anilines is 1. The molecule has 1 atom stereocenters. The number of amides is 2. The Morgan fingerprint density at radius 2 is 1.35 bits per heavy atom. The number of nitrogens with one attached hydrogen (secondary N) is 1. The summed E-state index contributed by atoms with van der Waals surface area (Å²) in [6.07, 6.45) is 1.32. The fourth-order valence-corrected chi connectivity index (χ4v) is 5.81. The monoisotopic (exact) mass is 641 g/mol. The van der Waals surface area contributed by atoms with Crippen LogP contribution in [0.3, 0.4) is 0 Å². The zero-order valence-electron chi connectivity index (χ0n) is 27.1. The minimum Gasteiger partial charge on any atom is -0.489 e. The summed E-state index contributed by atoms with van der Waals surface area (Å²) in [5.41, 5.74) is 3.54. The zero-order valence-corrected chi connectivity index (χ0v) is 28.0. The lowest BCUT2D eigenvalue weighted by Gasteiger charge is -2.35. The summed E-state index contributed by atoms with van der Waals surface area (Å²) in [5, 5.41) is 3.04. The number of hydrogen-bond donors (Lipinski definition) is 1. The molecule has 242 valence electrons. The van der Waals surface area contributed by atoms with Gasteiger partial charge in [-0.25, -0.2) is 8.42 Å². The second kappa shape index (κ2) is 15.1. The summed E-state index contributed by atoms with van der Waals surface area (Å²) in [4.78, 5) is 29.6. The van der Waals surface area contributed by atoms with E-state index in [4.69, 9.17) is 4.74 Å². The molecule has 1 N–H and O–H groups in total. The lowest BCUT2D eigenvalue weighted by atomic mass is 10.0. The summed E-state index contributed by atoms with van der Waals surface area (Å²) >= 11 is 0. The first-order valence-corrected chi connectivity index (χ1v) is 17.1. The molecule has 46 heavy (non-hydrogen) atoms. The Balaban J connectivity index is 1.65. The quantitative estimate of drug-likeness (QED) is 0.196. The van der Waals surface area contributed by atoms with Crippen LogP contribution >= 0.6 is 0 Å². The maximum Gasteiger partial charge on any atom is 0.244 e. The number of nitrogens with zero attached hydrogens (tertiary/aromatic N) is 2. The molecular weight excluding hydrogens is 598 g/mol. The van der Waals surface area contributed by atoms with Gasteiger partial charge in [-0.1, -0.05) is 90.5 Å². The first kappa shape index (κ1) is 34.2. The van der Waals surface area contributed by atoms with Gasteiger partial charge < -0.3 is 15.0 Å². The van der Waals surface area contributed by atoms with Crippen LogP contribution in [0.25, 0.3) is 0 Å². The van der Waals surface area contributed by atoms with Crippen molar-refractivity contribution in [3.8, 4) is 5.75 Å². The van der Waals surface area contributed by atoms with E-state index in [1.807, 2.05) is 113 Å². The third kappa shape index (κ3) is 10.2. The Kier molecular flexibility index (Phi) is 11.2. The zero-order chi connectivity index (χ0) is 33.3. The van der Waals surface area contributed by atoms with Crippen LogP contribution < -0.4 is 14.4 Å². The van der Waals surface area contributed by atoms with E-state index >= 15 is 0 Å². The fourth-order valence-electron chi connectivity index (χ4n) is 4.96. The molecule has 2 amide bonds. The van der Waals surface area contributed by atoms with E-state index in [0.29, 0.717) is 18.0 Å². The fraction of sp³-hybridized carbons (Fsp3) is 0.297. The number of benzene rings is 4. The molecule has 0 bridgehead atoms. The Labute approximate surface area is 273 Å². The van der Waals surface area contributed by atoms with Crippen molar-refractivity contribution in [2.75, 3.05) is 17.1 Å². The highest BCUT2D eigenvalue weighted by atomic mass is 32.2. The minimum atomic E-state index is -3.88. The second-order valence-electron chi connectivity index (χ2n) is 12.5. The molecule has 4 aromatic rings. The number of carbonyl (C=O) groups is 2. The maximum atomic E-state index is 14.3. The molecule has 0 aromatic heterocycles.